The van der Waals surface area contributed by atoms with Crippen molar-refractivity contribution in [2.45, 2.75) is 18.2 Å². The van der Waals surface area contributed by atoms with Crippen molar-refractivity contribution in [1.82, 2.24) is 15.0 Å². The summed E-state index contributed by atoms with van der Waals surface area (Å²) in [6.07, 6.45) is 2.67. The van der Waals surface area contributed by atoms with E-state index >= 15 is 0 Å². The van der Waals surface area contributed by atoms with E-state index in [1.54, 1.807) is 6.92 Å². The van der Waals surface area contributed by atoms with Crippen LogP contribution in [-0.2, 0) is 16.4 Å². The smallest absolute Gasteiger partial charge is 0.251 e. The molecule has 3 rings (SSSR count). The van der Waals surface area contributed by atoms with Crippen molar-refractivity contribution in [3.63, 3.8) is 0 Å². The molecule has 0 saturated heterocycles. The van der Waals surface area contributed by atoms with Gasteiger partial charge in [0.05, 0.1) is 4.90 Å². The summed E-state index contributed by atoms with van der Waals surface area (Å²) in [4.78, 5) is 15.6. The van der Waals surface area contributed by atoms with E-state index in [1.165, 1.54) is 24.3 Å². The first-order valence-electron chi connectivity index (χ1n) is 8.44. The lowest BCUT2D eigenvalue weighted by atomic mass is 10.1. The van der Waals surface area contributed by atoms with Gasteiger partial charge in [-0.3, -0.25) is 4.79 Å². The fourth-order valence-corrected chi connectivity index (χ4v) is 3.85. The van der Waals surface area contributed by atoms with Gasteiger partial charge < -0.3 is 10.3 Å². The molecule has 2 aromatic carbocycles. The molecule has 0 aliphatic heterocycles. The van der Waals surface area contributed by atoms with Gasteiger partial charge in [-0.05, 0) is 42.3 Å². The highest BCUT2D eigenvalue weighted by Crippen LogP contribution is 2.17. The molecule has 0 aliphatic carbocycles. The second-order valence-corrected chi connectivity index (χ2v) is 7.66. The average Bonchev–Trinajstić information content (AvgIpc) is 3.05. The lowest BCUT2D eigenvalue weighted by Gasteiger charge is -2.07. The van der Waals surface area contributed by atoms with Crippen molar-refractivity contribution >= 4 is 26.8 Å². The standard InChI is InChI=1S/C19H21N3O3S/c1-2-22-26(24,25)16-9-7-14(8-10-16)19(23)20-12-11-15-13-21-18-6-4-3-5-17(15)18/h3-10,13,21-22H,2,11-12H2,1H3,(H,20,23). The molecule has 0 saturated carbocycles. The third kappa shape index (κ3) is 3.95. The number of benzene rings is 2. The molecule has 3 aromatic rings. The fourth-order valence-electron chi connectivity index (χ4n) is 2.81. The molecule has 0 aliphatic rings. The van der Waals surface area contributed by atoms with Crippen molar-refractivity contribution < 1.29 is 13.2 Å². The number of hydrogen-bond acceptors (Lipinski definition) is 3. The number of para-hydroxylation sites is 1. The number of carbonyl (C=O) groups excluding carboxylic acids is 1. The van der Waals surface area contributed by atoms with E-state index in [2.05, 4.69) is 15.0 Å². The van der Waals surface area contributed by atoms with Crippen LogP contribution in [-0.4, -0.2) is 32.4 Å². The van der Waals surface area contributed by atoms with Crippen LogP contribution in [0.2, 0.25) is 0 Å². The molecule has 0 radical (unpaired) electrons. The van der Waals surface area contributed by atoms with Crippen LogP contribution >= 0.6 is 0 Å². The number of rotatable bonds is 7. The van der Waals surface area contributed by atoms with Gasteiger partial charge in [0.2, 0.25) is 10.0 Å². The minimum absolute atomic E-state index is 0.148. The van der Waals surface area contributed by atoms with Crippen LogP contribution in [0, 0.1) is 0 Å². The Labute approximate surface area is 152 Å². The molecular weight excluding hydrogens is 350 g/mol. The molecule has 1 heterocycles. The summed E-state index contributed by atoms with van der Waals surface area (Å²) in [5.74, 6) is -0.225. The van der Waals surface area contributed by atoms with Crippen LogP contribution in [0.1, 0.15) is 22.8 Å². The molecule has 3 N–H and O–H groups in total. The molecule has 0 fully saturated rings. The minimum atomic E-state index is -3.51. The van der Waals surface area contributed by atoms with E-state index in [-0.39, 0.29) is 10.8 Å². The quantitative estimate of drug-likeness (QED) is 0.596. The first-order chi connectivity index (χ1) is 12.5. The molecule has 0 atom stereocenters. The average molecular weight is 371 g/mol. The molecule has 0 unspecified atom stereocenters. The molecule has 0 spiro atoms. The summed E-state index contributed by atoms with van der Waals surface area (Å²) < 4.78 is 26.2. The van der Waals surface area contributed by atoms with Crippen LogP contribution < -0.4 is 10.0 Å². The van der Waals surface area contributed by atoms with Crippen LogP contribution in [0.25, 0.3) is 10.9 Å². The molecule has 7 heteroatoms. The Hall–Kier alpha value is -2.64. The van der Waals surface area contributed by atoms with Crippen LogP contribution in [0.15, 0.2) is 59.6 Å². The van der Waals surface area contributed by atoms with Gasteiger partial charge in [0, 0.05) is 35.8 Å². The SMILES string of the molecule is CCNS(=O)(=O)c1ccc(C(=O)NCCc2c[nH]c3ccccc23)cc1. The summed E-state index contributed by atoms with van der Waals surface area (Å²) in [5.41, 5.74) is 2.65. The Kier molecular flexibility index (Phi) is 5.39. The van der Waals surface area contributed by atoms with Crippen molar-refractivity contribution in [2.75, 3.05) is 13.1 Å². The Balaban J connectivity index is 1.60. The number of amides is 1. The molecule has 1 amide bonds. The summed E-state index contributed by atoms with van der Waals surface area (Å²) in [5, 5.41) is 4.02. The summed E-state index contributed by atoms with van der Waals surface area (Å²) in [7, 11) is -3.51. The van der Waals surface area contributed by atoms with E-state index in [9.17, 15) is 13.2 Å². The molecule has 136 valence electrons. The monoisotopic (exact) mass is 371 g/mol. The predicted molar refractivity (Wildman–Crippen MR) is 102 cm³/mol. The zero-order valence-electron chi connectivity index (χ0n) is 14.5. The van der Waals surface area contributed by atoms with E-state index in [0.29, 0.717) is 25.1 Å². The number of carbonyl (C=O) groups is 1. The Bertz CT molecular complexity index is 1010. The summed E-state index contributed by atoms with van der Waals surface area (Å²) in [6.45, 7) is 2.53. The third-order valence-corrected chi connectivity index (χ3v) is 5.68. The van der Waals surface area contributed by atoms with Crippen molar-refractivity contribution in [2.24, 2.45) is 0 Å². The van der Waals surface area contributed by atoms with Gasteiger partial charge in [-0.1, -0.05) is 25.1 Å². The van der Waals surface area contributed by atoms with Crippen molar-refractivity contribution in [3.8, 4) is 0 Å². The zero-order chi connectivity index (χ0) is 18.6. The lowest BCUT2D eigenvalue weighted by molar-refractivity contribution is 0.0954. The topological polar surface area (TPSA) is 91.1 Å². The highest BCUT2D eigenvalue weighted by molar-refractivity contribution is 7.89. The molecule has 26 heavy (non-hydrogen) atoms. The second kappa shape index (κ2) is 7.72. The number of nitrogens with one attached hydrogen (secondary N) is 3. The van der Waals surface area contributed by atoms with Crippen molar-refractivity contribution in [3.05, 3.63) is 65.9 Å². The predicted octanol–water partition coefficient (Wildman–Crippen LogP) is 2.44. The van der Waals surface area contributed by atoms with Gasteiger partial charge in [-0.2, -0.15) is 0 Å². The molecular formula is C19H21N3O3S. The molecule has 1 aromatic heterocycles. The minimum Gasteiger partial charge on any atom is -0.361 e. The Morgan fingerprint density at radius 3 is 2.54 bits per heavy atom. The van der Waals surface area contributed by atoms with E-state index in [1.807, 2.05) is 30.5 Å². The van der Waals surface area contributed by atoms with Crippen LogP contribution in [0.5, 0.6) is 0 Å². The Morgan fingerprint density at radius 2 is 1.81 bits per heavy atom. The van der Waals surface area contributed by atoms with E-state index in [0.717, 1.165) is 16.5 Å². The normalized spacial score (nSPS) is 11.6. The maximum absolute atomic E-state index is 12.2. The zero-order valence-corrected chi connectivity index (χ0v) is 15.3. The summed E-state index contributed by atoms with van der Waals surface area (Å²) in [6, 6.07) is 13.9. The maximum Gasteiger partial charge on any atom is 0.251 e. The van der Waals surface area contributed by atoms with Gasteiger partial charge in [-0.25, -0.2) is 13.1 Å². The molecule has 0 bridgehead atoms. The highest BCUT2D eigenvalue weighted by Gasteiger charge is 2.13. The fraction of sp³-hybridized carbons (Fsp3) is 0.211. The van der Waals surface area contributed by atoms with Gasteiger partial charge in [0.15, 0.2) is 0 Å². The lowest BCUT2D eigenvalue weighted by Crippen LogP contribution is -2.26. The third-order valence-electron chi connectivity index (χ3n) is 4.12. The molecule has 6 nitrogen and oxygen atoms in total. The number of H-pyrrole nitrogens is 1. The van der Waals surface area contributed by atoms with Gasteiger partial charge in [0.25, 0.3) is 5.91 Å². The highest BCUT2D eigenvalue weighted by atomic mass is 32.2. The number of hydrogen-bond donors (Lipinski definition) is 3. The number of aromatic amines is 1. The van der Waals surface area contributed by atoms with Gasteiger partial charge >= 0.3 is 0 Å². The number of sulfonamides is 1. The largest absolute Gasteiger partial charge is 0.361 e. The maximum atomic E-state index is 12.2. The number of aromatic nitrogens is 1. The van der Waals surface area contributed by atoms with Crippen LogP contribution in [0.4, 0.5) is 0 Å². The summed E-state index contributed by atoms with van der Waals surface area (Å²) >= 11 is 0. The van der Waals surface area contributed by atoms with E-state index in [4.69, 9.17) is 0 Å². The first kappa shape index (κ1) is 18.2. The van der Waals surface area contributed by atoms with Gasteiger partial charge in [0.1, 0.15) is 0 Å². The van der Waals surface area contributed by atoms with Crippen molar-refractivity contribution in [1.29, 1.82) is 0 Å². The first-order valence-corrected chi connectivity index (χ1v) is 9.92. The van der Waals surface area contributed by atoms with Crippen LogP contribution in [0.3, 0.4) is 0 Å². The Morgan fingerprint density at radius 1 is 1.08 bits per heavy atom. The number of fused-ring (bicyclic) bond motifs is 1. The second-order valence-electron chi connectivity index (χ2n) is 5.89. The van der Waals surface area contributed by atoms with Gasteiger partial charge in [-0.15, -0.1) is 0 Å². The van der Waals surface area contributed by atoms with E-state index < -0.39 is 10.0 Å².